The maximum absolute atomic E-state index is 13.7. The first-order valence-corrected chi connectivity index (χ1v) is 24.7. The summed E-state index contributed by atoms with van der Waals surface area (Å²) in [6.07, 6.45) is 14.9. The molecule has 2 aliphatic heterocycles. The standard InChI is InChI=1S/C37H72N7O6.C10H21NO2.3Y/c1-6-7-26-48-31-34(30-43-29-33(43)2)41-50-27-19-13-12-17-24-42(23-16-10-8-14-20-38)36(47)44(35(46)40-32-45)25-18-11-9-15-21-39-22-28-49-37(3,4)5;1-3-4-5-13-8-10(12)7-11-6-9(11)2;;;/h32-34,38H,6-31H2,1-5H3,(H,40,45,46);9-10,12H,3-8H2,1-2H3;;;/q-3;;;;. The molecule has 381 valence electrons. The summed E-state index contributed by atoms with van der Waals surface area (Å²) in [7, 11) is 0. The molecule has 66 heavy (non-hydrogen) atoms. The van der Waals surface area contributed by atoms with Gasteiger partial charge >= 0.3 is 12.1 Å². The van der Waals surface area contributed by atoms with Gasteiger partial charge in [-0.05, 0) is 79.7 Å². The number of imide groups is 2. The fourth-order valence-corrected chi connectivity index (χ4v) is 6.76. The Morgan fingerprint density at radius 2 is 1.27 bits per heavy atom. The van der Waals surface area contributed by atoms with Crippen LogP contribution in [0.3, 0.4) is 0 Å². The minimum absolute atomic E-state index is 0. The number of urea groups is 2. The van der Waals surface area contributed by atoms with Gasteiger partial charge in [0.05, 0.1) is 18.3 Å². The van der Waals surface area contributed by atoms with E-state index in [1.165, 1.54) is 4.90 Å². The van der Waals surface area contributed by atoms with Crippen molar-refractivity contribution in [3.05, 3.63) is 16.5 Å². The Morgan fingerprint density at radius 1 is 0.742 bits per heavy atom. The van der Waals surface area contributed by atoms with Crippen LogP contribution in [0.4, 0.5) is 9.59 Å². The minimum Gasteiger partial charge on any atom is -0.677 e. The van der Waals surface area contributed by atoms with Crippen LogP contribution in [0.25, 0.3) is 16.5 Å². The fraction of sp³-hybridized carbons (Fsp3) is 0.936. The van der Waals surface area contributed by atoms with Crippen LogP contribution in [-0.4, -0.2) is 178 Å². The van der Waals surface area contributed by atoms with Crippen LogP contribution in [-0.2, 0) is 122 Å². The van der Waals surface area contributed by atoms with Gasteiger partial charge in [-0.2, -0.15) is 6.54 Å². The molecule has 0 aliphatic carbocycles. The molecule has 6 atom stereocenters. The molecule has 0 aromatic rings. The molecule has 0 aromatic carbocycles. The third-order valence-corrected chi connectivity index (χ3v) is 10.9. The largest absolute Gasteiger partial charge is 0.677 e. The molecule has 16 nitrogen and oxygen atoms in total. The summed E-state index contributed by atoms with van der Waals surface area (Å²) in [6.45, 7) is 25.6. The number of nitrogens with one attached hydrogen (secondary N) is 2. The molecule has 3 radical (unpaired) electrons. The van der Waals surface area contributed by atoms with Gasteiger partial charge in [-0.3, -0.25) is 19.9 Å². The predicted molar refractivity (Wildman–Crippen MR) is 254 cm³/mol. The van der Waals surface area contributed by atoms with Crippen LogP contribution < -0.4 is 5.32 Å². The number of carbonyl (C=O) groups excluding carboxylic acids is 3. The number of aliphatic hydroxyl groups is 1. The van der Waals surface area contributed by atoms with E-state index in [4.69, 9.17) is 24.8 Å². The maximum atomic E-state index is 13.7. The van der Waals surface area contributed by atoms with Crippen LogP contribution in [0.1, 0.15) is 151 Å². The average Bonchev–Trinajstić information content (AvgIpc) is 4.15. The van der Waals surface area contributed by atoms with Crippen molar-refractivity contribution in [3.63, 3.8) is 0 Å². The van der Waals surface area contributed by atoms with E-state index in [1.807, 2.05) is 20.8 Å². The number of ether oxygens (including phenoxy) is 3. The Hall–Kier alpha value is 1.32. The number of amides is 5. The van der Waals surface area contributed by atoms with Crippen molar-refractivity contribution in [2.45, 2.75) is 181 Å². The van der Waals surface area contributed by atoms with Gasteiger partial charge in [0, 0.05) is 183 Å². The summed E-state index contributed by atoms with van der Waals surface area (Å²) in [4.78, 5) is 50.8. The van der Waals surface area contributed by atoms with Gasteiger partial charge in [0.1, 0.15) is 0 Å². The van der Waals surface area contributed by atoms with Crippen molar-refractivity contribution in [1.29, 1.82) is 0 Å². The summed E-state index contributed by atoms with van der Waals surface area (Å²) < 4.78 is 16.8. The Morgan fingerprint density at radius 3 is 1.82 bits per heavy atom. The molecule has 2 aliphatic rings. The second-order valence-corrected chi connectivity index (χ2v) is 18.3. The van der Waals surface area contributed by atoms with Crippen molar-refractivity contribution >= 4 is 18.5 Å². The van der Waals surface area contributed by atoms with E-state index in [9.17, 15) is 19.5 Å². The number of rotatable bonds is 40. The van der Waals surface area contributed by atoms with E-state index in [0.717, 1.165) is 142 Å². The maximum Gasteiger partial charge on any atom is 0.331 e. The van der Waals surface area contributed by atoms with E-state index in [1.54, 1.807) is 4.90 Å². The first-order chi connectivity index (χ1) is 30.4. The van der Waals surface area contributed by atoms with Crippen molar-refractivity contribution < 1.29 is 137 Å². The number of hydroxylamine groups is 1. The molecule has 2 saturated heterocycles. The average molecular weight is 1170 g/mol. The summed E-state index contributed by atoms with van der Waals surface area (Å²) in [5, 5.41) is 16.2. The number of β-amino-alcohol motifs (C(OH)–C–C–N with tert-alkyl or cyclic N) is 1. The third-order valence-electron chi connectivity index (χ3n) is 10.9. The van der Waals surface area contributed by atoms with Crippen molar-refractivity contribution in [3.8, 4) is 0 Å². The Kier molecular flexibility index (Phi) is 51.3. The quantitative estimate of drug-likeness (QED) is 0.0261. The third kappa shape index (κ3) is 41.9. The summed E-state index contributed by atoms with van der Waals surface area (Å²) >= 11 is 0. The molecule has 6 unspecified atom stereocenters. The van der Waals surface area contributed by atoms with Crippen LogP contribution in [0.2, 0.25) is 0 Å². The van der Waals surface area contributed by atoms with Gasteiger partial charge < -0.3 is 45.6 Å². The van der Waals surface area contributed by atoms with Crippen LogP contribution in [0.15, 0.2) is 0 Å². The van der Waals surface area contributed by atoms with Crippen LogP contribution >= 0.6 is 0 Å². The van der Waals surface area contributed by atoms with Gasteiger partial charge in [-0.15, -0.1) is 13.1 Å². The van der Waals surface area contributed by atoms with Gasteiger partial charge in [-0.25, -0.2) is 14.5 Å². The van der Waals surface area contributed by atoms with Crippen LogP contribution in [0.5, 0.6) is 0 Å². The number of aliphatic hydroxyl groups excluding tert-OH is 1. The van der Waals surface area contributed by atoms with E-state index >= 15 is 0 Å². The first-order valence-electron chi connectivity index (χ1n) is 24.7. The van der Waals surface area contributed by atoms with Gasteiger partial charge in [0.15, 0.2) is 0 Å². The number of carbonyl (C=O) groups is 3. The molecule has 0 bridgehead atoms. The van der Waals surface area contributed by atoms with Gasteiger partial charge in [0.25, 0.3) is 0 Å². The summed E-state index contributed by atoms with van der Waals surface area (Å²) in [5.41, 5.74) is 11.7. The normalized spacial score (nSPS) is 18.0. The minimum atomic E-state index is -0.680. The molecule has 0 aromatic heterocycles. The SMILES string of the molecule is CCCCOCC(CN1CC1C)[N-]OCCCCCCN(CCCCCC[NH-])C(=O)N(CCCCCC[N-]CCOC(C)(C)C)C(=O)NC=O.CCCCOCC(O)CN1CC1C.[Y].[Y].[Y]. The molecule has 0 saturated carbocycles. The van der Waals surface area contributed by atoms with Gasteiger partial charge in [-0.1, -0.05) is 84.1 Å². The van der Waals surface area contributed by atoms with E-state index in [2.05, 4.69) is 53.6 Å². The zero-order chi connectivity index (χ0) is 46.6. The predicted octanol–water partition coefficient (Wildman–Crippen LogP) is 8.55. The van der Waals surface area contributed by atoms with E-state index < -0.39 is 6.03 Å². The second-order valence-electron chi connectivity index (χ2n) is 18.3. The Labute approximate surface area is 477 Å². The van der Waals surface area contributed by atoms with E-state index in [0.29, 0.717) is 77.5 Å². The molecule has 3 N–H and O–H groups in total. The summed E-state index contributed by atoms with van der Waals surface area (Å²) in [5.74, 6) is 0. The van der Waals surface area contributed by atoms with Crippen LogP contribution in [0, 0.1) is 0 Å². The fourth-order valence-electron chi connectivity index (χ4n) is 6.76. The number of hydrogen-bond acceptors (Lipinski definition) is 10. The number of hydrogen-bond donors (Lipinski definition) is 2. The molecule has 2 fully saturated rings. The molecule has 19 heteroatoms. The summed E-state index contributed by atoms with van der Waals surface area (Å²) in [6, 6.07) is 0.280. The molecular weight excluding hydrogens is 1070 g/mol. The Balaban J connectivity index is -0.00000212. The van der Waals surface area contributed by atoms with Crippen molar-refractivity contribution in [2.24, 2.45) is 0 Å². The topological polar surface area (TPSA) is 185 Å². The number of nitrogens with zero attached hydrogens (tertiary/aromatic N) is 6. The molecule has 5 amide bonds. The van der Waals surface area contributed by atoms with Crippen molar-refractivity contribution in [2.75, 3.05) is 105 Å². The monoisotopic (exact) mass is 1160 g/mol. The number of unbranched alkanes of at least 4 members (excludes halogenated alkanes) is 11. The molecule has 2 heterocycles. The van der Waals surface area contributed by atoms with E-state index in [-0.39, 0.29) is 128 Å². The van der Waals surface area contributed by atoms with Crippen molar-refractivity contribution in [1.82, 2.24) is 24.9 Å². The zero-order valence-electron chi connectivity index (χ0n) is 42.7. The second kappa shape index (κ2) is 47.3. The molecular formula is C47H93N8O8Y3-3. The molecule has 2 rings (SSSR count). The smallest absolute Gasteiger partial charge is 0.331 e. The Bertz CT molecular complexity index is 1140. The zero-order valence-corrected chi connectivity index (χ0v) is 51.2. The first kappa shape index (κ1) is 71.6. The van der Waals surface area contributed by atoms with Gasteiger partial charge in [0.2, 0.25) is 6.41 Å². The molecule has 0 spiro atoms.